The van der Waals surface area contributed by atoms with Crippen LogP contribution in [0.3, 0.4) is 0 Å². The van der Waals surface area contributed by atoms with E-state index in [1.807, 2.05) is 36.4 Å². The maximum atomic E-state index is 12.7. The van der Waals surface area contributed by atoms with Gasteiger partial charge in [0.05, 0.1) is 13.2 Å². The molecule has 0 saturated heterocycles. The van der Waals surface area contributed by atoms with E-state index < -0.39 is 0 Å². The molecule has 0 aliphatic heterocycles. The number of rotatable bonds is 20. The van der Waals surface area contributed by atoms with E-state index in [0.717, 1.165) is 41.5 Å². The number of amides is 1. The number of carbonyl (C=O) groups is 1. The lowest BCUT2D eigenvalue weighted by molar-refractivity contribution is 0.102. The van der Waals surface area contributed by atoms with Crippen LogP contribution in [0.4, 0.5) is 5.13 Å². The number of benzene rings is 2. The zero-order chi connectivity index (χ0) is 27.5. The van der Waals surface area contributed by atoms with Crippen LogP contribution in [0.15, 0.2) is 48.5 Å². The Morgan fingerprint density at radius 2 is 1.15 bits per heavy atom. The first-order valence-electron chi connectivity index (χ1n) is 14.8. The molecule has 0 fully saturated rings. The van der Waals surface area contributed by atoms with Crippen molar-refractivity contribution in [2.75, 3.05) is 18.5 Å². The molecule has 1 heterocycles. The Balaban J connectivity index is 1.37. The molecule has 1 N–H and O–H groups in total. The number of nitrogens with zero attached hydrogens (tertiary/aromatic N) is 2. The Labute approximate surface area is 238 Å². The van der Waals surface area contributed by atoms with E-state index in [2.05, 4.69) is 29.4 Å². The number of ether oxygens (including phenoxy) is 2. The van der Waals surface area contributed by atoms with Gasteiger partial charge in [0.1, 0.15) is 16.5 Å². The summed E-state index contributed by atoms with van der Waals surface area (Å²) in [4.78, 5) is 12.7. The number of carbonyl (C=O) groups excluding carboxylic acids is 1. The molecule has 1 amide bonds. The van der Waals surface area contributed by atoms with Gasteiger partial charge in [0.15, 0.2) is 0 Å². The van der Waals surface area contributed by atoms with E-state index in [1.54, 1.807) is 12.1 Å². The first-order valence-corrected chi connectivity index (χ1v) is 15.6. The first-order chi connectivity index (χ1) is 19.2. The molecule has 6 nitrogen and oxygen atoms in total. The average molecular weight is 552 g/mol. The second kappa shape index (κ2) is 18.4. The summed E-state index contributed by atoms with van der Waals surface area (Å²) >= 11 is 1.35. The van der Waals surface area contributed by atoms with Crippen molar-refractivity contribution in [3.63, 3.8) is 0 Å². The fourth-order valence-corrected chi connectivity index (χ4v) is 5.02. The Hall–Kier alpha value is -2.93. The van der Waals surface area contributed by atoms with Crippen LogP contribution in [0.1, 0.15) is 108 Å². The van der Waals surface area contributed by atoms with Crippen LogP contribution in [-0.2, 0) is 0 Å². The molecule has 0 bridgehead atoms. The van der Waals surface area contributed by atoms with Crippen molar-refractivity contribution in [3.8, 4) is 22.1 Å². The Kier molecular flexibility index (Phi) is 14.4. The molecule has 0 radical (unpaired) electrons. The normalized spacial score (nSPS) is 10.9. The third kappa shape index (κ3) is 11.8. The second-order valence-electron chi connectivity index (χ2n) is 10.0. The van der Waals surface area contributed by atoms with E-state index >= 15 is 0 Å². The lowest BCUT2D eigenvalue weighted by atomic mass is 10.1. The topological polar surface area (TPSA) is 73.3 Å². The summed E-state index contributed by atoms with van der Waals surface area (Å²) in [7, 11) is 0. The standard InChI is InChI=1S/C32H45N3O3S/c1-3-5-7-9-11-13-15-25-38-29-22-18-27(19-23-29)31-34-35-32(39-31)33-30(36)26-16-20-28(21-17-26)37-24-14-12-10-8-6-4-2/h16-23H,3-15,24-25H2,1-2H3,(H,33,35,36). The molecule has 39 heavy (non-hydrogen) atoms. The molecule has 0 unspecified atom stereocenters. The monoisotopic (exact) mass is 551 g/mol. The highest BCUT2D eigenvalue weighted by molar-refractivity contribution is 7.18. The molecular formula is C32H45N3O3S. The van der Waals surface area contributed by atoms with Crippen LogP contribution < -0.4 is 14.8 Å². The molecule has 1 aromatic heterocycles. The number of hydrogen-bond donors (Lipinski definition) is 1. The van der Waals surface area contributed by atoms with Gasteiger partial charge in [0, 0.05) is 11.1 Å². The molecule has 3 rings (SSSR count). The second-order valence-corrected chi connectivity index (χ2v) is 11.0. The van der Waals surface area contributed by atoms with Gasteiger partial charge in [0.25, 0.3) is 5.91 Å². The predicted octanol–water partition coefficient (Wildman–Crippen LogP) is 9.33. The van der Waals surface area contributed by atoms with Crippen molar-refractivity contribution < 1.29 is 14.3 Å². The maximum absolute atomic E-state index is 12.7. The third-order valence-electron chi connectivity index (χ3n) is 6.65. The van der Waals surface area contributed by atoms with Crippen molar-refractivity contribution in [2.45, 2.75) is 97.3 Å². The van der Waals surface area contributed by atoms with Crippen molar-refractivity contribution in [3.05, 3.63) is 54.1 Å². The van der Waals surface area contributed by atoms with Gasteiger partial charge in [-0.3, -0.25) is 10.1 Å². The molecule has 0 aliphatic carbocycles. The molecule has 0 aliphatic rings. The van der Waals surface area contributed by atoms with Crippen molar-refractivity contribution >= 4 is 22.4 Å². The Morgan fingerprint density at radius 1 is 0.667 bits per heavy atom. The molecule has 2 aromatic carbocycles. The highest BCUT2D eigenvalue weighted by Crippen LogP contribution is 2.28. The lowest BCUT2D eigenvalue weighted by Crippen LogP contribution is -2.11. The summed E-state index contributed by atoms with van der Waals surface area (Å²) in [5.74, 6) is 1.43. The minimum atomic E-state index is -0.214. The van der Waals surface area contributed by atoms with Gasteiger partial charge in [-0.25, -0.2) is 0 Å². The SMILES string of the molecule is CCCCCCCCCOc1ccc(-c2nnc(NC(=O)c3ccc(OCCCCCCCC)cc3)s2)cc1. The fraction of sp³-hybridized carbons (Fsp3) is 0.531. The van der Waals surface area contributed by atoms with Crippen LogP contribution in [0.25, 0.3) is 10.6 Å². The predicted molar refractivity (Wildman–Crippen MR) is 162 cm³/mol. The summed E-state index contributed by atoms with van der Waals surface area (Å²) in [5, 5.41) is 12.5. The number of unbranched alkanes of at least 4 members (excludes halogenated alkanes) is 11. The van der Waals surface area contributed by atoms with Gasteiger partial charge in [-0.1, -0.05) is 95.8 Å². The van der Waals surface area contributed by atoms with Gasteiger partial charge in [-0.05, 0) is 61.4 Å². The fourth-order valence-electron chi connectivity index (χ4n) is 4.28. The Bertz CT molecular complexity index is 1070. The van der Waals surface area contributed by atoms with Crippen LogP contribution >= 0.6 is 11.3 Å². The summed E-state index contributed by atoms with van der Waals surface area (Å²) in [6.07, 6.45) is 16.3. The van der Waals surface area contributed by atoms with Crippen LogP contribution in [-0.4, -0.2) is 29.3 Å². The van der Waals surface area contributed by atoms with Gasteiger partial charge in [-0.15, -0.1) is 10.2 Å². The third-order valence-corrected chi connectivity index (χ3v) is 7.53. The number of nitrogens with one attached hydrogen (secondary N) is 1. The van der Waals surface area contributed by atoms with Gasteiger partial charge in [0.2, 0.25) is 5.13 Å². The molecule has 0 saturated carbocycles. The average Bonchev–Trinajstić information content (AvgIpc) is 3.43. The van der Waals surface area contributed by atoms with E-state index in [-0.39, 0.29) is 5.91 Å². The van der Waals surface area contributed by atoms with Crippen LogP contribution in [0, 0.1) is 0 Å². The van der Waals surface area contributed by atoms with Crippen LogP contribution in [0.2, 0.25) is 0 Å². The maximum Gasteiger partial charge on any atom is 0.257 e. The number of hydrogen-bond acceptors (Lipinski definition) is 6. The van der Waals surface area contributed by atoms with Gasteiger partial charge >= 0.3 is 0 Å². The quantitative estimate of drug-likeness (QED) is 0.142. The van der Waals surface area contributed by atoms with Gasteiger partial charge < -0.3 is 9.47 Å². The zero-order valence-electron chi connectivity index (χ0n) is 23.8. The zero-order valence-corrected chi connectivity index (χ0v) is 24.6. The molecule has 0 spiro atoms. The summed E-state index contributed by atoms with van der Waals surface area (Å²) in [6, 6.07) is 15.1. The number of aromatic nitrogens is 2. The lowest BCUT2D eigenvalue weighted by Gasteiger charge is -2.07. The number of anilines is 1. The molecule has 7 heteroatoms. The molecular weight excluding hydrogens is 506 g/mol. The van der Waals surface area contributed by atoms with E-state index in [9.17, 15) is 4.79 Å². The van der Waals surface area contributed by atoms with E-state index in [1.165, 1.54) is 82.0 Å². The molecule has 212 valence electrons. The Morgan fingerprint density at radius 3 is 1.69 bits per heavy atom. The van der Waals surface area contributed by atoms with Crippen LogP contribution in [0.5, 0.6) is 11.5 Å². The van der Waals surface area contributed by atoms with Crippen molar-refractivity contribution in [1.82, 2.24) is 10.2 Å². The van der Waals surface area contributed by atoms with Crippen molar-refractivity contribution in [2.24, 2.45) is 0 Å². The highest BCUT2D eigenvalue weighted by Gasteiger charge is 2.12. The highest BCUT2D eigenvalue weighted by atomic mass is 32.1. The van der Waals surface area contributed by atoms with E-state index in [4.69, 9.17) is 9.47 Å². The minimum absolute atomic E-state index is 0.214. The first kappa shape index (κ1) is 30.6. The van der Waals surface area contributed by atoms with Gasteiger partial charge in [-0.2, -0.15) is 0 Å². The minimum Gasteiger partial charge on any atom is -0.494 e. The molecule has 0 atom stereocenters. The largest absolute Gasteiger partial charge is 0.494 e. The smallest absolute Gasteiger partial charge is 0.257 e. The van der Waals surface area contributed by atoms with E-state index in [0.29, 0.717) is 17.3 Å². The summed E-state index contributed by atoms with van der Waals surface area (Å²) in [6.45, 7) is 5.92. The van der Waals surface area contributed by atoms with Crippen molar-refractivity contribution in [1.29, 1.82) is 0 Å². The summed E-state index contributed by atoms with van der Waals surface area (Å²) in [5.41, 5.74) is 1.50. The molecule has 3 aromatic rings. The summed E-state index contributed by atoms with van der Waals surface area (Å²) < 4.78 is 11.7.